The Bertz CT molecular complexity index is 1150. The quantitative estimate of drug-likeness (QED) is 0.448. The molecule has 0 amide bonds. The Morgan fingerprint density at radius 1 is 0.972 bits per heavy atom. The first kappa shape index (κ1) is 26.5. The molecule has 1 aromatic carbocycles. The summed E-state index contributed by atoms with van der Waals surface area (Å²) in [7, 11) is 3.67. The number of aryl methyl sites for hydroxylation is 1. The summed E-state index contributed by atoms with van der Waals surface area (Å²) in [5, 5.41) is 19.9. The van der Waals surface area contributed by atoms with Gasteiger partial charge in [-0.25, -0.2) is 14.6 Å². The lowest BCUT2D eigenvalue weighted by molar-refractivity contribution is -0.134. The Labute approximate surface area is 209 Å². The number of rotatable bonds is 8. The van der Waals surface area contributed by atoms with Crippen LogP contribution in [0, 0.1) is 0 Å². The number of aliphatic carboxylic acids is 2. The second kappa shape index (κ2) is 13.1. The molecule has 2 N–H and O–H groups in total. The fraction of sp³-hybridized carbons (Fsp3) is 0.320. The van der Waals surface area contributed by atoms with Crippen LogP contribution < -0.4 is 4.90 Å². The van der Waals surface area contributed by atoms with Crippen LogP contribution in [0.5, 0.6) is 0 Å². The fourth-order valence-electron chi connectivity index (χ4n) is 3.76. The molecular weight excluding hydrogens is 464 g/mol. The van der Waals surface area contributed by atoms with Crippen LogP contribution in [-0.2, 0) is 34.5 Å². The van der Waals surface area contributed by atoms with Crippen LogP contribution in [0.4, 0.5) is 5.82 Å². The van der Waals surface area contributed by atoms with Crippen molar-refractivity contribution in [3.63, 3.8) is 0 Å². The van der Waals surface area contributed by atoms with Crippen molar-refractivity contribution in [2.24, 2.45) is 7.05 Å². The molecule has 1 aliphatic heterocycles. The molecular formula is C25H30N6O5. The van der Waals surface area contributed by atoms with E-state index >= 15 is 0 Å². The molecule has 2 aromatic heterocycles. The van der Waals surface area contributed by atoms with Gasteiger partial charge in [0.05, 0.1) is 12.8 Å². The van der Waals surface area contributed by atoms with Crippen molar-refractivity contribution in [1.29, 1.82) is 0 Å². The maximum Gasteiger partial charge on any atom is 0.328 e. The van der Waals surface area contributed by atoms with Gasteiger partial charge >= 0.3 is 11.9 Å². The minimum Gasteiger partial charge on any atom is -0.478 e. The van der Waals surface area contributed by atoms with Crippen molar-refractivity contribution in [3.05, 3.63) is 72.3 Å². The second-order valence-corrected chi connectivity index (χ2v) is 8.15. The third kappa shape index (κ3) is 8.00. The summed E-state index contributed by atoms with van der Waals surface area (Å²) in [6.45, 7) is 5.43. The van der Waals surface area contributed by atoms with Gasteiger partial charge in [0.1, 0.15) is 5.69 Å². The number of ether oxygens (including phenoxy) is 1. The Balaban J connectivity index is 0.000000392. The summed E-state index contributed by atoms with van der Waals surface area (Å²) in [6.07, 6.45) is 8.69. The highest BCUT2D eigenvalue weighted by Crippen LogP contribution is 2.27. The highest BCUT2D eigenvalue weighted by molar-refractivity contribution is 5.89. The molecule has 0 atom stereocenters. The van der Waals surface area contributed by atoms with Gasteiger partial charge in [-0.15, -0.1) is 0 Å². The van der Waals surface area contributed by atoms with E-state index in [1.165, 1.54) is 5.56 Å². The Kier molecular flexibility index (Phi) is 9.66. The predicted molar refractivity (Wildman–Crippen MR) is 133 cm³/mol. The van der Waals surface area contributed by atoms with E-state index in [9.17, 15) is 9.59 Å². The van der Waals surface area contributed by atoms with Gasteiger partial charge in [-0.1, -0.05) is 24.3 Å². The van der Waals surface area contributed by atoms with Crippen molar-refractivity contribution in [2.45, 2.75) is 13.2 Å². The van der Waals surface area contributed by atoms with E-state index in [1.54, 1.807) is 19.5 Å². The number of benzene rings is 1. The van der Waals surface area contributed by atoms with E-state index in [-0.39, 0.29) is 0 Å². The van der Waals surface area contributed by atoms with E-state index in [0.717, 1.165) is 55.4 Å². The number of piperazine rings is 1. The van der Waals surface area contributed by atoms with Crippen LogP contribution >= 0.6 is 0 Å². The average molecular weight is 495 g/mol. The number of aromatic nitrogens is 4. The first-order valence-electron chi connectivity index (χ1n) is 11.3. The number of hydrogen-bond donors (Lipinski definition) is 2. The number of carboxylic acid groups (broad SMARTS) is 2. The van der Waals surface area contributed by atoms with Crippen LogP contribution in [-0.4, -0.2) is 80.1 Å². The van der Waals surface area contributed by atoms with E-state index in [4.69, 9.17) is 14.9 Å². The molecule has 0 spiro atoms. The third-order valence-electron chi connectivity index (χ3n) is 5.42. The van der Waals surface area contributed by atoms with Crippen molar-refractivity contribution < 1.29 is 24.5 Å². The second-order valence-electron chi connectivity index (χ2n) is 8.15. The molecule has 11 heteroatoms. The van der Waals surface area contributed by atoms with Crippen LogP contribution in [0.15, 0.2) is 61.2 Å². The number of anilines is 1. The van der Waals surface area contributed by atoms with Gasteiger partial charge in [-0.05, 0) is 5.56 Å². The lowest BCUT2D eigenvalue weighted by Gasteiger charge is -2.35. The summed E-state index contributed by atoms with van der Waals surface area (Å²) in [5.74, 6) is -1.55. The monoisotopic (exact) mass is 494 g/mol. The molecule has 1 saturated heterocycles. The Hall–Kier alpha value is -4.09. The molecule has 0 saturated carbocycles. The molecule has 0 aliphatic carbocycles. The number of carboxylic acids is 2. The summed E-state index contributed by atoms with van der Waals surface area (Å²) < 4.78 is 7.06. The topological polar surface area (TPSA) is 134 Å². The van der Waals surface area contributed by atoms with E-state index in [1.807, 2.05) is 17.9 Å². The molecule has 36 heavy (non-hydrogen) atoms. The Morgan fingerprint density at radius 3 is 2.17 bits per heavy atom. The van der Waals surface area contributed by atoms with Gasteiger partial charge in [-0.2, -0.15) is 5.10 Å². The van der Waals surface area contributed by atoms with E-state index < -0.39 is 11.9 Å². The minimum atomic E-state index is -1.26. The molecule has 0 bridgehead atoms. The zero-order valence-electron chi connectivity index (χ0n) is 20.3. The molecule has 190 valence electrons. The van der Waals surface area contributed by atoms with Crippen molar-refractivity contribution in [2.75, 3.05) is 38.2 Å². The predicted octanol–water partition coefficient (Wildman–Crippen LogP) is 2.06. The van der Waals surface area contributed by atoms with Crippen LogP contribution in [0.2, 0.25) is 0 Å². The first-order chi connectivity index (χ1) is 17.4. The summed E-state index contributed by atoms with van der Waals surface area (Å²) in [4.78, 5) is 33.2. The van der Waals surface area contributed by atoms with Gasteiger partial charge in [-0.3, -0.25) is 14.6 Å². The van der Waals surface area contributed by atoms with Crippen LogP contribution in [0.25, 0.3) is 11.3 Å². The zero-order chi connectivity index (χ0) is 25.9. The molecule has 4 rings (SSSR count). The van der Waals surface area contributed by atoms with Crippen molar-refractivity contribution in [1.82, 2.24) is 24.6 Å². The molecule has 3 aromatic rings. The maximum atomic E-state index is 9.55. The normalized spacial score (nSPS) is 13.9. The third-order valence-corrected chi connectivity index (χ3v) is 5.42. The first-order valence-corrected chi connectivity index (χ1v) is 11.3. The van der Waals surface area contributed by atoms with Gasteiger partial charge in [0.25, 0.3) is 0 Å². The highest BCUT2D eigenvalue weighted by Gasteiger charge is 2.21. The van der Waals surface area contributed by atoms with Crippen LogP contribution in [0.3, 0.4) is 0 Å². The number of hydrogen-bond acceptors (Lipinski definition) is 8. The molecule has 0 radical (unpaired) electrons. The number of methoxy groups -OCH3 is 1. The van der Waals surface area contributed by atoms with Gasteiger partial charge in [0.2, 0.25) is 0 Å². The van der Waals surface area contributed by atoms with Crippen molar-refractivity contribution >= 4 is 17.8 Å². The summed E-state index contributed by atoms with van der Waals surface area (Å²) in [6, 6.07) is 8.37. The molecule has 11 nitrogen and oxygen atoms in total. The number of nitrogens with zero attached hydrogens (tertiary/aromatic N) is 6. The van der Waals surface area contributed by atoms with Gasteiger partial charge in [0.15, 0.2) is 5.82 Å². The zero-order valence-corrected chi connectivity index (χ0v) is 20.3. The van der Waals surface area contributed by atoms with Gasteiger partial charge in [0, 0.05) is 88.8 Å². The maximum absolute atomic E-state index is 9.55. The molecule has 0 unspecified atom stereocenters. The largest absolute Gasteiger partial charge is 0.478 e. The smallest absolute Gasteiger partial charge is 0.328 e. The molecule has 1 fully saturated rings. The van der Waals surface area contributed by atoms with Gasteiger partial charge < -0.3 is 19.8 Å². The average Bonchev–Trinajstić information content (AvgIpc) is 3.29. The van der Waals surface area contributed by atoms with E-state index in [0.29, 0.717) is 18.8 Å². The minimum absolute atomic E-state index is 0.558. The lowest BCUT2D eigenvalue weighted by atomic mass is 10.1. The highest BCUT2D eigenvalue weighted by atomic mass is 16.5. The van der Waals surface area contributed by atoms with Crippen molar-refractivity contribution in [3.8, 4) is 11.3 Å². The summed E-state index contributed by atoms with van der Waals surface area (Å²) in [5.41, 5.74) is 4.43. The van der Waals surface area contributed by atoms with E-state index in [2.05, 4.69) is 55.3 Å². The SMILES string of the molecule is COCc1ccc(-c2nccnc2N2CCN(Cc3cnn(C)c3)CC2)cc1.O=C(O)/C=C/C(=O)O. The Morgan fingerprint density at radius 2 is 1.61 bits per heavy atom. The summed E-state index contributed by atoms with van der Waals surface area (Å²) >= 11 is 0. The van der Waals surface area contributed by atoms with Crippen LogP contribution in [0.1, 0.15) is 11.1 Å². The number of carbonyl (C=O) groups is 2. The fourth-order valence-corrected chi connectivity index (χ4v) is 3.76. The molecule has 1 aliphatic rings. The standard InChI is InChI=1S/C21H26N6O.C4H4O4/c1-25-14-18(13-24-25)15-26-9-11-27(12-10-26)21-20(22-7-8-23-21)19-5-3-17(4-6-19)16-28-2;5-3(6)1-2-4(7)8/h3-8,13-14H,9-12,15-16H2,1-2H3;1-2H,(H,5,6)(H,7,8)/b;2-1+. The molecule has 3 heterocycles. The lowest BCUT2D eigenvalue weighted by Crippen LogP contribution is -2.46.